The lowest BCUT2D eigenvalue weighted by Crippen LogP contribution is -2.28. The first-order valence-electron chi connectivity index (χ1n) is 18.4. The molecule has 0 saturated carbocycles. The lowest BCUT2D eigenvalue weighted by atomic mass is 10.2. The molecule has 1 atom stereocenters. The Bertz CT molecular complexity index is 1020. The van der Waals surface area contributed by atoms with Gasteiger partial charge >= 0.3 is 11.9 Å². The number of hydrogen-bond acceptors (Lipinski definition) is 5. The van der Waals surface area contributed by atoms with E-state index < -0.39 is 6.10 Å². The van der Waals surface area contributed by atoms with Gasteiger partial charge in [-0.3, -0.25) is 9.59 Å². The third kappa shape index (κ3) is 35.4. The number of ether oxygens (including phenoxy) is 2. The van der Waals surface area contributed by atoms with Gasteiger partial charge in [0.25, 0.3) is 0 Å². The molecule has 268 valence electrons. The minimum absolute atomic E-state index is 0.130. The third-order valence-corrected chi connectivity index (χ3v) is 7.06. The minimum Gasteiger partial charge on any atom is -0.462 e. The number of esters is 2. The van der Waals surface area contributed by atoms with Crippen LogP contribution in [0.2, 0.25) is 0 Å². The fourth-order valence-corrected chi connectivity index (χ4v) is 4.29. The van der Waals surface area contributed by atoms with Gasteiger partial charge in [0.05, 0.1) is 6.61 Å². The fourth-order valence-electron chi connectivity index (χ4n) is 4.29. The van der Waals surface area contributed by atoms with Gasteiger partial charge in [-0.15, -0.1) is 0 Å². The van der Waals surface area contributed by atoms with Gasteiger partial charge in [-0.1, -0.05) is 136 Å². The van der Waals surface area contributed by atoms with E-state index in [1.165, 1.54) is 25.7 Å². The van der Waals surface area contributed by atoms with Gasteiger partial charge in [0.2, 0.25) is 0 Å². The Hall–Kier alpha value is -3.44. The van der Waals surface area contributed by atoms with Gasteiger partial charge in [-0.2, -0.15) is 0 Å². The number of aliphatic hydroxyl groups excluding tert-OH is 1. The summed E-state index contributed by atoms with van der Waals surface area (Å²) < 4.78 is 10.5. The zero-order valence-electron chi connectivity index (χ0n) is 30.2. The maximum absolute atomic E-state index is 12.1. The van der Waals surface area contributed by atoms with Crippen LogP contribution in [0.5, 0.6) is 0 Å². The van der Waals surface area contributed by atoms with Gasteiger partial charge in [-0.05, 0) is 89.9 Å². The molecule has 5 nitrogen and oxygen atoms in total. The predicted octanol–water partition coefficient (Wildman–Crippen LogP) is 11.5. The average Bonchev–Trinajstić information content (AvgIpc) is 3.09. The van der Waals surface area contributed by atoms with E-state index in [1.807, 2.05) is 12.2 Å². The molecule has 0 rings (SSSR count). The predicted molar refractivity (Wildman–Crippen MR) is 205 cm³/mol. The third-order valence-electron chi connectivity index (χ3n) is 7.06. The molecule has 0 radical (unpaired) electrons. The number of carbonyl (C=O) groups excluding carboxylic acids is 2. The van der Waals surface area contributed by atoms with Crippen molar-refractivity contribution < 1.29 is 24.2 Å². The molecule has 1 N–H and O–H groups in total. The second kappa shape index (κ2) is 38.0. The van der Waals surface area contributed by atoms with E-state index in [0.717, 1.165) is 64.2 Å². The molecule has 0 amide bonds. The largest absolute Gasteiger partial charge is 0.462 e. The van der Waals surface area contributed by atoms with Crippen LogP contribution in [-0.2, 0) is 19.1 Å². The van der Waals surface area contributed by atoms with Crippen LogP contribution in [-0.4, -0.2) is 36.4 Å². The molecule has 0 aromatic heterocycles. The van der Waals surface area contributed by atoms with Crippen LogP contribution in [0.4, 0.5) is 0 Å². The normalized spacial score (nSPS) is 13.5. The summed E-state index contributed by atoms with van der Waals surface area (Å²) in [5.74, 6) is -0.750. The highest BCUT2D eigenvalue weighted by Crippen LogP contribution is 2.06. The number of hydrogen-bond donors (Lipinski definition) is 1. The molecule has 0 heterocycles. The van der Waals surface area contributed by atoms with Crippen molar-refractivity contribution in [2.24, 2.45) is 0 Å². The first-order valence-corrected chi connectivity index (χ1v) is 18.4. The van der Waals surface area contributed by atoms with Crippen molar-refractivity contribution in [3.05, 3.63) is 109 Å². The highest BCUT2D eigenvalue weighted by Gasteiger charge is 2.15. The molecule has 0 aliphatic carbocycles. The fraction of sp³-hybridized carbons (Fsp3) is 0.535. The van der Waals surface area contributed by atoms with Gasteiger partial charge in [0.15, 0.2) is 6.10 Å². The van der Waals surface area contributed by atoms with E-state index in [4.69, 9.17) is 9.47 Å². The second-order valence-corrected chi connectivity index (χ2v) is 11.6. The van der Waals surface area contributed by atoms with Gasteiger partial charge in [-0.25, -0.2) is 0 Å². The summed E-state index contributed by atoms with van der Waals surface area (Å²) in [6.45, 7) is 3.86. The number of unbranched alkanes of at least 4 members (excludes halogenated alkanes) is 5. The van der Waals surface area contributed by atoms with Crippen molar-refractivity contribution in [2.45, 2.75) is 136 Å². The van der Waals surface area contributed by atoms with Gasteiger partial charge in [0, 0.05) is 12.8 Å². The molecule has 0 aliphatic rings. The van der Waals surface area contributed by atoms with Crippen LogP contribution < -0.4 is 0 Å². The van der Waals surface area contributed by atoms with Gasteiger partial charge < -0.3 is 14.6 Å². The number of allylic oxidation sites excluding steroid dienone is 18. The van der Waals surface area contributed by atoms with E-state index in [9.17, 15) is 14.7 Å². The Morgan fingerprint density at radius 1 is 0.500 bits per heavy atom. The van der Waals surface area contributed by atoms with Crippen LogP contribution in [0.3, 0.4) is 0 Å². The summed E-state index contributed by atoms with van der Waals surface area (Å²) in [6, 6.07) is 0. The molecule has 0 aliphatic heterocycles. The van der Waals surface area contributed by atoms with E-state index in [2.05, 4.69) is 111 Å². The molecule has 5 heteroatoms. The topological polar surface area (TPSA) is 72.8 Å². The Morgan fingerprint density at radius 2 is 0.917 bits per heavy atom. The standard InChI is InChI=1S/C43H66O5/c1-3-5-7-9-11-13-15-17-19-20-21-22-24-25-27-29-31-33-35-37-42(45)47-40-41(39-44)48-43(46)38-36-34-32-30-28-26-23-18-16-14-12-10-8-6-4-2/h6,8,11-14,17-19,21-23,25,27-28,30-31,33,41,44H,3-5,7,9-10,15-16,20,24,26,29,32,34-40H2,1-2H3/b8-6-,13-11-,14-12-,19-17-,22-21-,23-18-,27-25-,30-28-,33-31-/t41-/m0/s1. The average molecular weight is 663 g/mol. The highest BCUT2D eigenvalue weighted by atomic mass is 16.6. The maximum atomic E-state index is 12.1. The molecule has 0 saturated heterocycles. The molecule has 0 bridgehead atoms. The molecule has 48 heavy (non-hydrogen) atoms. The summed E-state index contributed by atoms with van der Waals surface area (Å²) >= 11 is 0. The lowest BCUT2D eigenvalue weighted by molar-refractivity contribution is -0.161. The number of rotatable bonds is 31. The SMILES string of the molecule is CC/C=C\C/C=C\C/C=C\C/C=C\CCCCC(=O)O[C@@H](CO)COC(=O)CC/C=C\C/C=C\C/C=C\C/C=C\C/C=C\CCCCC. The van der Waals surface area contributed by atoms with Crippen LogP contribution in [0.25, 0.3) is 0 Å². The van der Waals surface area contributed by atoms with Crippen LogP contribution in [0.1, 0.15) is 129 Å². The van der Waals surface area contributed by atoms with E-state index in [1.54, 1.807) is 0 Å². The maximum Gasteiger partial charge on any atom is 0.306 e. The summed E-state index contributed by atoms with van der Waals surface area (Å²) in [5.41, 5.74) is 0. The molecule has 0 spiro atoms. The Labute approximate surface area is 293 Å². The van der Waals surface area contributed by atoms with E-state index >= 15 is 0 Å². The quantitative estimate of drug-likeness (QED) is 0.0454. The summed E-state index contributed by atoms with van der Waals surface area (Å²) in [4.78, 5) is 24.2. The number of carbonyl (C=O) groups is 2. The molecule has 0 fully saturated rings. The second-order valence-electron chi connectivity index (χ2n) is 11.6. The minimum atomic E-state index is -0.830. The van der Waals surface area contributed by atoms with Crippen molar-refractivity contribution in [1.82, 2.24) is 0 Å². The molecule has 0 aromatic rings. The monoisotopic (exact) mass is 662 g/mol. The van der Waals surface area contributed by atoms with Crippen LogP contribution in [0.15, 0.2) is 109 Å². The Kier molecular flexibility index (Phi) is 35.3. The Morgan fingerprint density at radius 3 is 1.35 bits per heavy atom. The lowest BCUT2D eigenvalue weighted by Gasteiger charge is -2.15. The van der Waals surface area contributed by atoms with Crippen molar-refractivity contribution in [3.63, 3.8) is 0 Å². The molecular formula is C43H66O5. The zero-order valence-corrected chi connectivity index (χ0v) is 30.2. The van der Waals surface area contributed by atoms with Crippen molar-refractivity contribution in [1.29, 1.82) is 0 Å². The first kappa shape index (κ1) is 44.6. The molecule has 0 aromatic carbocycles. The van der Waals surface area contributed by atoms with E-state index in [-0.39, 0.29) is 38.0 Å². The van der Waals surface area contributed by atoms with Crippen LogP contribution in [0, 0.1) is 0 Å². The summed E-state index contributed by atoms with van der Waals surface area (Å²) in [5, 5.41) is 9.52. The van der Waals surface area contributed by atoms with E-state index in [0.29, 0.717) is 12.8 Å². The smallest absolute Gasteiger partial charge is 0.306 e. The first-order chi connectivity index (χ1) is 23.6. The van der Waals surface area contributed by atoms with Crippen LogP contribution >= 0.6 is 0 Å². The van der Waals surface area contributed by atoms with Crippen molar-refractivity contribution >= 4 is 11.9 Å². The zero-order chi connectivity index (χ0) is 35.0. The summed E-state index contributed by atoms with van der Waals surface area (Å²) in [6.07, 6.45) is 54.4. The highest BCUT2D eigenvalue weighted by molar-refractivity contribution is 5.70. The number of aliphatic hydroxyl groups is 1. The molecular weight excluding hydrogens is 596 g/mol. The molecule has 0 unspecified atom stereocenters. The van der Waals surface area contributed by atoms with Crippen molar-refractivity contribution in [3.8, 4) is 0 Å². The Balaban J connectivity index is 3.82. The van der Waals surface area contributed by atoms with Gasteiger partial charge in [0.1, 0.15) is 6.61 Å². The summed E-state index contributed by atoms with van der Waals surface area (Å²) in [7, 11) is 0. The van der Waals surface area contributed by atoms with Crippen molar-refractivity contribution in [2.75, 3.05) is 13.2 Å².